The Morgan fingerprint density at radius 1 is 1.47 bits per heavy atom. The maximum absolute atomic E-state index is 5.73. The number of nitrogens with two attached hydrogens (primary N) is 1. The molecule has 1 atom stereocenters. The molecule has 0 amide bonds. The largest absolute Gasteiger partial charge is 0.439 e. The zero-order chi connectivity index (χ0) is 13.2. The molecule has 5 nitrogen and oxygen atoms in total. The fraction of sp³-hybridized carbons (Fsp3) is 0.500. The van der Waals surface area contributed by atoms with Crippen LogP contribution in [0.15, 0.2) is 22.6 Å². The van der Waals surface area contributed by atoms with Gasteiger partial charge in [-0.15, -0.1) is 0 Å². The standard InChI is InChI=1S/C14H19N3O2/c1-17(8-11-3-2-6-18-11)9-14-16-12-5-4-10(15)7-13(12)19-14/h4-5,7,11H,2-3,6,8-9,15H2,1H3. The molecule has 5 heteroatoms. The summed E-state index contributed by atoms with van der Waals surface area (Å²) >= 11 is 0. The van der Waals surface area contributed by atoms with E-state index in [1.54, 1.807) is 0 Å². The summed E-state index contributed by atoms with van der Waals surface area (Å²) < 4.78 is 11.3. The number of nitrogen functional groups attached to an aromatic ring is 1. The lowest BCUT2D eigenvalue weighted by Gasteiger charge is -2.18. The van der Waals surface area contributed by atoms with E-state index in [0.29, 0.717) is 18.3 Å². The first kappa shape index (κ1) is 12.4. The van der Waals surface area contributed by atoms with Gasteiger partial charge in [0.1, 0.15) is 5.52 Å². The summed E-state index contributed by atoms with van der Waals surface area (Å²) in [5.74, 6) is 0.723. The zero-order valence-corrected chi connectivity index (χ0v) is 11.1. The van der Waals surface area contributed by atoms with Crippen molar-refractivity contribution in [2.24, 2.45) is 0 Å². The Labute approximate surface area is 112 Å². The molecular formula is C14H19N3O2. The molecule has 0 aliphatic carbocycles. The van der Waals surface area contributed by atoms with Gasteiger partial charge in [0.2, 0.25) is 5.89 Å². The second-order valence-electron chi connectivity index (χ2n) is 5.17. The van der Waals surface area contributed by atoms with E-state index in [1.807, 2.05) is 18.2 Å². The second-order valence-corrected chi connectivity index (χ2v) is 5.17. The molecule has 2 N–H and O–H groups in total. The van der Waals surface area contributed by atoms with Crippen LogP contribution in [0.1, 0.15) is 18.7 Å². The first-order valence-corrected chi connectivity index (χ1v) is 6.66. The van der Waals surface area contributed by atoms with Gasteiger partial charge in [0, 0.05) is 24.9 Å². The van der Waals surface area contributed by atoms with Gasteiger partial charge in [0.15, 0.2) is 5.58 Å². The van der Waals surface area contributed by atoms with Gasteiger partial charge in [-0.05, 0) is 32.0 Å². The predicted octanol–water partition coefficient (Wildman–Crippen LogP) is 2.02. The van der Waals surface area contributed by atoms with Crippen LogP contribution in [-0.4, -0.2) is 36.2 Å². The van der Waals surface area contributed by atoms with E-state index in [0.717, 1.165) is 36.6 Å². The molecular weight excluding hydrogens is 242 g/mol. The molecule has 2 aromatic rings. The van der Waals surface area contributed by atoms with Crippen molar-refractivity contribution in [3.8, 4) is 0 Å². The second kappa shape index (κ2) is 5.19. The van der Waals surface area contributed by atoms with Gasteiger partial charge in [-0.3, -0.25) is 4.90 Å². The van der Waals surface area contributed by atoms with Crippen molar-refractivity contribution in [3.05, 3.63) is 24.1 Å². The lowest BCUT2D eigenvalue weighted by atomic mass is 10.2. The molecule has 0 radical (unpaired) electrons. The zero-order valence-electron chi connectivity index (χ0n) is 11.1. The van der Waals surface area contributed by atoms with Crippen molar-refractivity contribution in [3.63, 3.8) is 0 Å². The van der Waals surface area contributed by atoms with Crippen molar-refractivity contribution < 1.29 is 9.15 Å². The monoisotopic (exact) mass is 261 g/mol. The van der Waals surface area contributed by atoms with Crippen LogP contribution in [0, 0.1) is 0 Å². The van der Waals surface area contributed by atoms with Crippen LogP contribution in [0.2, 0.25) is 0 Å². The van der Waals surface area contributed by atoms with Crippen molar-refractivity contribution in [1.82, 2.24) is 9.88 Å². The Hall–Kier alpha value is -1.59. The van der Waals surface area contributed by atoms with Gasteiger partial charge >= 0.3 is 0 Å². The number of rotatable bonds is 4. The lowest BCUT2D eigenvalue weighted by Crippen LogP contribution is -2.28. The molecule has 1 unspecified atom stereocenters. The molecule has 0 bridgehead atoms. The topological polar surface area (TPSA) is 64.5 Å². The average molecular weight is 261 g/mol. The van der Waals surface area contributed by atoms with Crippen molar-refractivity contribution in [2.75, 3.05) is 25.9 Å². The summed E-state index contributed by atoms with van der Waals surface area (Å²) in [5.41, 5.74) is 8.03. The van der Waals surface area contributed by atoms with E-state index in [4.69, 9.17) is 14.9 Å². The average Bonchev–Trinajstić information content (AvgIpc) is 2.97. The molecule has 3 rings (SSSR count). The third-order valence-electron chi connectivity index (χ3n) is 3.40. The summed E-state index contributed by atoms with van der Waals surface area (Å²) in [5, 5.41) is 0. The Morgan fingerprint density at radius 2 is 2.37 bits per heavy atom. The number of aromatic nitrogens is 1. The minimum atomic E-state index is 0.352. The number of anilines is 1. The van der Waals surface area contributed by atoms with Gasteiger partial charge in [-0.2, -0.15) is 0 Å². The van der Waals surface area contributed by atoms with E-state index in [-0.39, 0.29) is 0 Å². The summed E-state index contributed by atoms with van der Waals surface area (Å²) in [7, 11) is 2.06. The summed E-state index contributed by atoms with van der Waals surface area (Å²) in [4.78, 5) is 6.65. The van der Waals surface area contributed by atoms with E-state index in [1.165, 1.54) is 6.42 Å². The van der Waals surface area contributed by atoms with E-state index < -0.39 is 0 Å². The molecule has 1 fully saturated rings. The van der Waals surface area contributed by atoms with Gasteiger partial charge in [0.05, 0.1) is 12.6 Å². The molecule has 2 heterocycles. The van der Waals surface area contributed by atoms with Crippen LogP contribution in [0.3, 0.4) is 0 Å². The maximum atomic E-state index is 5.73. The predicted molar refractivity (Wildman–Crippen MR) is 73.7 cm³/mol. The van der Waals surface area contributed by atoms with Crippen LogP contribution < -0.4 is 5.73 Å². The maximum Gasteiger partial charge on any atom is 0.209 e. The number of ether oxygens (including phenoxy) is 1. The van der Waals surface area contributed by atoms with E-state index in [9.17, 15) is 0 Å². The van der Waals surface area contributed by atoms with Crippen molar-refractivity contribution in [1.29, 1.82) is 0 Å². The fourth-order valence-electron chi connectivity index (χ4n) is 2.49. The number of hydrogen-bond donors (Lipinski definition) is 1. The number of hydrogen-bond acceptors (Lipinski definition) is 5. The van der Waals surface area contributed by atoms with Crippen molar-refractivity contribution in [2.45, 2.75) is 25.5 Å². The highest BCUT2D eigenvalue weighted by atomic mass is 16.5. The smallest absolute Gasteiger partial charge is 0.209 e. The summed E-state index contributed by atoms with van der Waals surface area (Å²) in [6, 6.07) is 5.54. The van der Waals surface area contributed by atoms with E-state index in [2.05, 4.69) is 16.9 Å². The van der Waals surface area contributed by atoms with Crippen molar-refractivity contribution >= 4 is 16.8 Å². The highest BCUT2D eigenvalue weighted by Gasteiger charge is 2.18. The SMILES string of the molecule is CN(Cc1nc2ccc(N)cc2o1)CC1CCCO1. The van der Waals surface area contributed by atoms with Crippen LogP contribution >= 0.6 is 0 Å². The third-order valence-corrected chi connectivity index (χ3v) is 3.40. The number of fused-ring (bicyclic) bond motifs is 1. The van der Waals surface area contributed by atoms with E-state index >= 15 is 0 Å². The number of benzene rings is 1. The molecule has 1 aromatic heterocycles. The van der Waals surface area contributed by atoms with Crippen LogP contribution in [0.4, 0.5) is 5.69 Å². The number of oxazole rings is 1. The first-order valence-electron chi connectivity index (χ1n) is 6.66. The Balaban J connectivity index is 1.66. The minimum absolute atomic E-state index is 0.352. The third kappa shape index (κ3) is 2.88. The van der Waals surface area contributed by atoms with Gasteiger partial charge < -0.3 is 14.9 Å². The van der Waals surface area contributed by atoms with Crippen LogP contribution in [0.25, 0.3) is 11.1 Å². The Bertz CT molecular complexity index is 561. The molecule has 0 spiro atoms. The van der Waals surface area contributed by atoms with Gasteiger partial charge in [-0.1, -0.05) is 0 Å². The molecule has 102 valence electrons. The Kier molecular flexibility index (Phi) is 3.40. The lowest BCUT2D eigenvalue weighted by molar-refractivity contribution is 0.0771. The molecule has 1 aromatic carbocycles. The normalized spacial score (nSPS) is 19.6. The highest BCUT2D eigenvalue weighted by Crippen LogP contribution is 2.19. The summed E-state index contributed by atoms with van der Waals surface area (Å²) in [6.45, 7) is 2.50. The van der Waals surface area contributed by atoms with Crippen LogP contribution in [-0.2, 0) is 11.3 Å². The highest BCUT2D eigenvalue weighted by molar-refractivity contribution is 5.76. The molecule has 1 saturated heterocycles. The number of nitrogens with zero attached hydrogens (tertiary/aromatic N) is 2. The van der Waals surface area contributed by atoms with Gasteiger partial charge in [-0.25, -0.2) is 4.98 Å². The van der Waals surface area contributed by atoms with Crippen LogP contribution in [0.5, 0.6) is 0 Å². The summed E-state index contributed by atoms with van der Waals surface area (Å²) in [6.07, 6.45) is 2.67. The number of likely N-dealkylation sites (N-methyl/N-ethyl adjacent to an activating group) is 1. The Morgan fingerprint density at radius 3 is 3.16 bits per heavy atom. The molecule has 1 aliphatic heterocycles. The quantitative estimate of drug-likeness (QED) is 0.853. The molecule has 0 saturated carbocycles. The molecule has 19 heavy (non-hydrogen) atoms. The molecule has 1 aliphatic rings. The minimum Gasteiger partial charge on any atom is -0.439 e. The fourth-order valence-corrected chi connectivity index (χ4v) is 2.49. The van der Waals surface area contributed by atoms with Gasteiger partial charge in [0.25, 0.3) is 0 Å². The first-order chi connectivity index (χ1) is 9.20.